The number of aromatic amines is 1. The van der Waals surface area contributed by atoms with E-state index < -0.39 is 11.7 Å². The lowest BCUT2D eigenvalue weighted by molar-refractivity contribution is -0.137. The predicted octanol–water partition coefficient (Wildman–Crippen LogP) is 5.63. The Balaban J connectivity index is 1.41. The third-order valence-electron chi connectivity index (χ3n) is 6.18. The summed E-state index contributed by atoms with van der Waals surface area (Å²) in [7, 11) is 0. The fraction of sp³-hybridized carbons (Fsp3) is 0.231. The van der Waals surface area contributed by atoms with Gasteiger partial charge in [0.15, 0.2) is 0 Å². The Morgan fingerprint density at radius 1 is 0.917 bits per heavy atom. The maximum Gasteiger partial charge on any atom is 0.416 e. The van der Waals surface area contributed by atoms with Crippen LogP contribution in [-0.2, 0) is 12.8 Å². The van der Waals surface area contributed by atoms with E-state index in [-0.39, 0.29) is 6.61 Å². The van der Waals surface area contributed by atoms with Gasteiger partial charge >= 0.3 is 6.18 Å². The number of aromatic nitrogens is 3. The first-order valence-electron chi connectivity index (χ1n) is 11.4. The van der Waals surface area contributed by atoms with E-state index >= 15 is 0 Å². The molecule has 4 aromatic rings. The topological polar surface area (TPSA) is 68.3 Å². The smallest absolute Gasteiger partial charge is 0.392 e. The van der Waals surface area contributed by atoms with E-state index in [0.717, 1.165) is 17.7 Å². The lowest BCUT2D eigenvalue weighted by Gasteiger charge is -2.35. The van der Waals surface area contributed by atoms with Crippen molar-refractivity contribution in [1.29, 1.82) is 0 Å². The van der Waals surface area contributed by atoms with Gasteiger partial charge in [-0.1, -0.05) is 54.1 Å². The van der Waals surface area contributed by atoms with Crippen LogP contribution in [0.1, 0.15) is 11.1 Å². The molecule has 2 aromatic heterocycles. The zero-order chi connectivity index (χ0) is 25.3. The number of hydrogen-bond acceptors (Lipinski definition) is 5. The Labute approximate surface area is 211 Å². The summed E-state index contributed by atoms with van der Waals surface area (Å²) in [5, 5.41) is 9.77. The van der Waals surface area contributed by atoms with Crippen molar-refractivity contribution in [3.05, 3.63) is 83.0 Å². The molecule has 1 saturated heterocycles. The average molecular weight is 514 g/mol. The molecular formula is C26H23ClF3N5O. The van der Waals surface area contributed by atoms with E-state index in [2.05, 4.69) is 19.8 Å². The minimum atomic E-state index is -4.39. The maximum absolute atomic E-state index is 13.1. The van der Waals surface area contributed by atoms with E-state index in [4.69, 9.17) is 16.6 Å². The quantitative estimate of drug-likeness (QED) is 0.362. The molecule has 5 rings (SSSR count). The Kier molecular flexibility index (Phi) is 6.59. The highest BCUT2D eigenvalue weighted by Gasteiger charge is 2.30. The Morgan fingerprint density at radius 2 is 1.58 bits per heavy atom. The van der Waals surface area contributed by atoms with Crippen molar-refractivity contribution >= 4 is 23.4 Å². The predicted molar refractivity (Wildman–Crippen MR) is 134 cm³/mol. The molecule has 0 bridgehead atoms. The van der Waals surface area contributed by atoms with Crippen molar-refractivity contribution < 1.29 is 18.3 Å². The molecule has 0 aliphatic carbocycles. The standard InChI is InChI=1S/C26H23ClF3N5O/c27-21-14-17(16-36)15-31-24(21)34-10-12-35(13-11-34)25-32-22(18-4-2-1-3-5-18)23(33-25)19-6-8-20(9-7-19)26(28,29)30/h1-9,14-15,36H,10-13,16H2,(H,32,33). The summed E-state index contributed by atoms with van der Waals surface area (Å²) >= 11 is 6.38. The summed E-state index contributed by atoms with van der Waals surface area (Å²) in [5.74, 6) is 1.32. The molecule has 2 aromatic carbocycles. The van der Waals surface area contributed by atoms with Crippen molar-refractivity contribution in [1.82, 2.24) is 15.0 Å². The first-order valence-corrected chi connectivity index (χ1v) is 11.8. The normalized spacial score (nSPS) is 14.4. The molecule has 186 valence electrons. The molecule has 1 aliphatic rings. The molecule has 0 amide bonds. The number of benzene rings is 2. The zero-order valence-electron chi connectivity index (χ0n) is 19.1. The van der Waals surface area contributed by atoms with Crippen molar-refractivity contribution in [2.75, 3.05) is 36.0 Å². The first-order chi connectivity index (χ1) is 17.3. The van der Waals surface area contributed by atoms with Gasteiger partial charge in [-0.3, -0.25) is 0 Å². The molecule has 2 N–H and O–H groups in total. The van der Waals surface area contributed by atoms with Crippen LogP contribution in [0, 0.1) is 0 Å². The highest BCUT2D eigenvalue weighted by Crippen LogP contribution is 2.35. The summed E-state index contributed by atoms with van der Waals surface area (Å²) in [6, 6.07) is 16.4. The number of halogens is 4. The highest BCUT2D eigenvalue weighted by molar-refractivity contribution is 6.33. The molecule has 0 unspecified atom stereocenters. The SMILES string of the molecule is OCc1cnc(N2CCN(c3nc(-c4ccccc4)c(-c4ccc(C(F)(F)F)cc4)[nH]3)CC2)c(Cl)c1. The van der Waals surface area contributed by atoms with Gasteiger partial charge in [0.2, 0.25) is 5.95 Å². The number of rotatable bonds is 5. The molecule has 0 spiro atoms. The number of pyridine rings is 1. The number of aliphatic hydroxyl groups is 1. The lowest BCUT2D eigenvalue weighted by Crippen LogP contribution is -2.47. The maximum atomic E-state index is 13.1. The number of anilines is 2. The number of nitrogens with one attached hydrogen (secondary N) is 1. The largest absolute Gasteiger partial charge is 0.416 e. The molecular weight excluding hydrogens is 491 g/mol. The molecule has 36 heavy (non-hydrogen) atoms. The monoisotopic (exact) mass is 513 g/mol. The van der Waals surface area contributed by atoms with Crippen LogP contribution in [0.3, 0.4) is 0 Å². The summed E-state index contributed by atoms with van der Waals surface area (Å²) in [5.41, 5.74) is 2.80. The van der Waals surface area contributed by atoms with Crippen LogP contribution in [0.4, 0.5) is 24.9 Å². The molecule has 0 atom stereocenters. The molecule has 6 nitrogen and oxygen atoms in total. The van der Waals surface area contributed by atoms with E-state index in [1.807, 2.05) is 30.3 Å². The molecule has 1 fully saturated rings. The van der Waals surface area contributed by atoms with Gasteiger partial charge in [-0.25, -0.2) is 9.97 Å². The third-order valence-corrected chi connectivity index (χ3v) is 6.46. The van der Waals surface area contributed by atoms with Crippen LogP contribution in [0.5, 0.6) is 0 Å². The molecule has 1 aliphatic heterocycles. The van der Waals surface area contributed by atoms with Crippen LogP contribution in [0.15, 0.2) is 66.9 Å². The second-order valence-electron chi connectivity index (χ2n) is 8.51. The molecule has 3 heterocycles. The Bertz CT molecular complexity index is 1330. The zero-order valence-corrected chi connectivity index (χ0v) is 19.9. The van der Waals surface area contributed by atoms with E-state index in [0.29, 0.717) is 65.5 Å². The molecule has 0 radical (unpaired) electrons. The van der Waals surface area contributed by atoms with Gasteiger partial charge in [-0.2, -0.15) is 13.2 Å². The number of aliphatic hydroxyl groups excluding tert-OH is 1. The van der Waals surface area contributed by atoms with Gasteiger partial charge in [-0.15, -0.1) is 0 Å². The van der Waals surface area contributed by atoms with Gasteiger partial charge in [0.05, 0.1) is 28.6 Å². The fourth-order valence-corrected chi connectivity index (χ4v) is 4.58. The number of imidazole rings is 1. The molecule has 10 heteroatoms. The fourth-order valence-electron chi connectivity index (χ4n) is 4.27. The highest BCUT2D eigenvalue weighted by atomic mass is 35.5. The average Bonchev–Trinajstić information content (AvgIpc) is 3.34. The number of nitrogens with zero attached hydrogens (tertiary/aromatic N) is 4. The Hall–Kier alpha value is -3.56. The van der Waals surface area contributed by atoms with E-state index in [1.165, 1.54) is 12.1 Å². The van der Waals surface area contributed by atoms with Gasteiger partial charge in [0.25, 0.3) is 0 Å². The summed E-state index contributed by atoms with van der Waals surface area (Å²) in [6.07, 6.45) is -2.78. The van der Waals surface area contributed by atoms with Crippen LogP contribution >= 0.6 is 11.6 Å². The van der Waals surface area contributed by atoms with E-state index in [9.17, 15) is 18.3 Å². The van der Waals surface area contributed by atoms with E-state index in [1.54, 1.807) is 12.3 Å². The van der Waals surface area contributed by atoms with Crippen LogP contribution < -0.4 is 9.80 Å². The number of piperazine rings is 1. The third kappa shape index (κ3) is 4.89. The lowest BCUT2D eigenvalue weighted by atomic mass is 10.0. The summed E-state index contributed by atoms with van der Waals surface area (Å²) in [4.78, 5) is 16.8. The van der Waals surface area contributed by atoms with Crippen LogP contribution in [0.25, 0.3) is 22.5 Å². The molecule has 0 saturated carbocycles. The number of hydrogen-bond donors (Lipinski definition) is 2. The number of alkyl halides is 3. The van der Waals surface area contributed by atoms with Crippen molar-refractivity contribution in [3.8, 4) is 22.5 Å². The number of H-pyrrole nitrogens is 1. The summed E-state index contributed by atoms with van der Waals surface area (Å²) < 4.78 is 39.2. The van der Waals surface area contributed by atoms with Crippen molar-refractivity contribution in [2.24, 2.45) is 0 Å². The minimum Gasteiger partial charge on any atom is -0.392 e. The van der Waals surface area contributed by atoms with Gasteiger partial charge in [0, 0.05) is 43.5 Å². The van der Waals surface area contributed by atoms with Crippen molar-refractivity contribution in [2.45, 2.75) is 12.8 Å². The van der Waals surface area contributed by atoms with Crippen LogP contribution in [0.2, 0.25) is 5.02 Å². The van der Waals surface area contributed by atoms with Crippen molar-refractivity contribution in [3.63, 3.8) is 0 Å². The summed E-state index contributed by atoms with van der Waals surface area (Å²) in [6.45, 7) is 2.48. The Morgan fingerprint density at radius 3 is 2.19 bits per heavy atom. The second kappa shape index (κ2) is 9.83. The van der Waals surface area contributed by atoms with Crippen LogP contribution in [-0.4, -0.2) is 46.2 Å². The van der Waals surface area contributed by atoms with Gasteiger partial charge in [-0.05, 0) is 23.8 Å². The van der Waals surface area contributed by atoms with Gasteiger partial charge < -0.3 is 19.9 Å². The second-order valence-corrected chi connectivity index (χ2v) is 8.91. The minimum absolute atomic E-state index is 0.121. The van der Waals surface area contributed by atoms with Gasteiger partial charge in [0.1, 0.15) is 5.82 Å². The first kappa shape index (κ1) is 24.1.